The van der Waals surface area contributed by atoms with Crippen LogP contribution in [0.3, 0.4) is 0 Å². The molecule has 2 atom stereocenters. The number of carbonyl (C=O) groups is 1. The normalized spacial score (nSPS) is 26.3. The molecule has 0 amide bonds. The highest BCUT2D eigenvalue weighted by molar-refractivity contribution is 5.78. The van der Waals surface area contributed by atoms with Gasteiger partial charge in [0.1, 0.15) is 0 Å². The zero-order valence-corrected chi connectivity index (χ0v) is 11.7. The van der Waals surface area contributed by atoms with Crippen LogP contribution in [0, 0.1) is 5.41 Å². The molecule has 2 unspecified atom stereocenters. The maximum absolute atomic E-state index is 12.2. The summed E-state index contributed by atoms with van der Waals surface area (Å²) in [6.45, 7) is 0. The zero-order valence-electron chi connectivity index (χ0n) is 11.7. The Bertz CT molecular complexity index is 415. The summed E-state index contributed by atoms with van der Waals surface area (Å²) in [5, 5.41) is 0. The Labute approximate surface area is 114 Å². The van der Waals surface area contributed by atoms with E-state index in [2.05, 4.69) is 12.1 Å². The van der Waals surface area contributed by atoms with Crippen LogP contribution in [0.25, 0.3) is 0 Å². The molecule has 1 aromatic rings. The molecule has 0 N–H and O–H groups in total. The van der Waals surface area contributed by atoms with Crippen LogP contribution in [0.1, 0.15) is 31.2 Å². The van der Waals surface area contributed by atoms with Crippen LogP contribution in [-0.4, -0.2) is 26.3 Å². The fourth-order valence-corrected chi connectivity index (χ4v) is 3.22. The van der Waals surface area contributed by atoms with Crippen LogP contribution in [0.5, 0.6) is 0 Å². The molecule has 1 aliphatic carbocycles. The minimum Gasteiger partial charge on any atom is -0.469 e. The number of hydrogen-bond acceptors (Lipinski definition) is 3. The summed E-state index contributed by atoms with van der Waals surface area (Å²) in [5.74, 6) is -0.118. The molecule has 3 nitrogen and oxygen atoms in total. The Balaban J connectivity index is 2.13. The highest BCUT2D eigenvalue weighted by Crippen LogP contribution is 2.44. The van der Waals surface area contributed by atoms with E-state index < -0.39 is 5.41 Å². The third-order valence-electron chi connectivity index (χ3n) is 4.28. The highest BCUT2D eigenvalue weighted by atomic mass is 16.5. The van der Waals surface area contributed by atoms with Crippen molar-refractivity contribution in [1.82, 2.24) is 0 Å². The topological polar surface area (TPSA) is 35.5 Å². The second-order valence-electron chi connectivity index (χ2n) is 5.25. The average Bonchev–Trinajstić information content (AvgIpc) is 2.89. The van der Waals surface area contributed by atoms with E-state index in [0.29, 0.717) is 0 Å². The van der Waals surface area contributed by atoms with E-state index in [-0.39, 0.29) is 12.1 Å². The van der Waals surface area contributed by atoms with Gasteiger partial charge in [0.25, 0.3) is 0 Å². The van der Waals surface area contributed by atoms with Crippen LogP contribution in [0.2, 0.25) is 0 Å². The Hall–Kier alpha value is -1.35. The van der Waals surface area contributed by atoms with Gasteiger partial charge in [-0.25, -0.2) is 0 Å². The first-order valence-electron chi connectivity index (χ1n) is 6.88. The molecule has 3 heteroatoms. The molecule has 0 aliphatic heterocycles. The first-order chi connectivity index (χ1) is 9.23. The van der Waals surface area contributed by atoms with Gasteiger partial charge in [-0.1, -0.05) is 30.3 Å². The Morgan fingerprint density at radius 3 is 2.68 bits per heavy atom. The second-order valence-corrected chi connectivity index (χ2v) is 5.25. The molecule has 1 saturated carbocycles. The van der Waals surface area contributed by atoms with Crippen LogP contribution >= 0.6 is 0 Å². The summed E-state index contributed by atoms with van der Waals surface area (Å²) in [6, 6.07) is 10.3. The average molecular weight is 262 g/mol. The molecule has 0 spiro atoms. The van der Waals surface area contributed by atoms with E-state index in [1.165, 1.54) is 12.7 Å². The Morgan fingerprint density at radius 2 is 2.05 bits per heavy atom. The number of rotatable bonds is 5. The number of methoxy groups -OCH3 is 2. The SMILES string of the molecule is COC(=O)C1(CCc2ccccc2)CCCC1OC. The maximum Gasteiger partial charge on any atom is 0.314 e. The van der Waals surface area contributed by atoms with Gasteiger partial charge in [0.15, 0.2) is 0 Å². The predicted octanol–water partition coefficient (Wildman–Crippen LogP) is 2.98. The molecule has 0 radical (unpaired) electrons. The van der Waals surface area contributed by atoms with Gasteiger partial charge in [0.2, 0.25) is 0 Å². The fourth-order valence-electron chi connectivity index (χ4n) is 3.22. The lowest BCUT2D eigenvalue weighted by Gasteiger charge is -2.31. The smallest absolute Gasteiger partial charge is 0.314 e. The van der Waals surface area contributed by atoms with Gasteiger partial charge in [-0.05, 0) is 37.7 Å². The molecule has 19 heavy (non-hydrogen) atoms. The molecule has 0 saturated heterocycles. The van der Waals surface area contributed by atoms with E-state index in [4.69, 9.17) is 9.47 Å². The monoisotopic (exact) mass is 262 g/mol. The summed E-state index contributed by atoms with van der Waals surface area (Å²) < 4.78 is 10.6. The predicted molar refractivity (Wildman–Crippen MR) is 73.9 cm³/mol. The van der Waals surface area contributed by atoms with E-state index in [1.54, 1.807) is 7.11 Å². The number of esters is 1. The summed E-state index contributed by atoms with van der Waals surface area (Å²) in [7, 11) is 3.16. The van der Waals surface area contributed by atoms with Crippen molar-refractivity contribution >= 4 is 5.97 Å². The number of aryl methyl sites for hydroxylation is 1. The molecule has 104 valence electrons. The van der Waals surface area contributed by atoms with Crippen LogP contribution in [0.15, 0.2) is 30.3 Å². The molecule has 0 aromatic heterocycles. The lowest BCUT2D eigenvalue weighted by Crippen LogP contribution is -2.40. The van der Waals surface area contributed by atoms with Gasteiger partial charge in [-0.2, -0.15) is 0 Å². The standard InChI is InChI=1S/C16H22O3/c1-18-14-9-6-11-16(14,15(17)19-2)12-10-13-7-4-3-5-8-13/h3-5,7-8,14H,6,9-12H2,1-2H3. The van der Waals surface area contributed by atoms with Crippen LogP contribution < -0.4 is 0 Å². The minimum absolute atomic E-state index is 0.0105. The van der Waals surface area contributed by atoms with E-state index in [1.807, 2.05) is 18.2 Å². The highest BCUT2D eigenvalue weighted by Gasteiger charge is 2.49. The van der Waals surface area contributed by atoms with Gasteiger partial charge in [-0.15, -0.1) is 0 Å². The van der Waals surface area contributed by atoms with Gasteiger partial charge in [0.05, 0.1) is 18.6 Å². The summed E-state index contributed by atoms with van der Waals surface area (Å²) in [4.78, 5) is 12.2. The van der Waals surface area contributed by atoms with Crippen molar-refractivity contribution in [3.63, 3.8) is 0 Å². The number of hydrogen-bond donors (Lipinski definition) is 0. The maximum atomic E-state index is 12.2. The van der Waals surface area contributed by atoms with Crippen molar-refractivity contribution in [1.29, 1.82) is 0 Å². The van der Waals surface area contributed by atoms with Crippen LogP contribution in [-0.2, 0) is 20.7 Å². The van der Waals surface area contributed by atoms with Gasteiger partial charge < -0.3 is 9.47 Å². The lowest BCUT2D eigenvalue weighted by molar-refractivity contribution is -0.160. The van der Waals surface area contributed by atoms with Crippen molar-refractivity contribution in [3.05, 3.63) is 35.9 Å². The fraction of sp³-hybridized carbons (Fsp3) is 0.562. The van der Waals surface area contributed by atoms with Gasteiger partial charge >= 0.3 is 5.97 Å². The van der Waals surface area contributed by atoms with Crippen molar-refractivity contribution in [2.45, 2.75) is 38.2 Å². The van der Waals surface area contributed by atoms with Gasteiger partial charge in [-0.3, -0.25) is 4.79 Å². The summed E-state index contributed by atoms with van der Waals surface area (Å²) >= 11 is 0. The molecule has 0 bridgehead atoms. The largest absolute Gasteiger partial charge is 0.469 e. The first kappa shape index (κ1) is 14.1. The number of benzene rings is 1. The minimum atomic E-state index is -0.459. The Kier molecular flexibility index (Phi) is 4.59. The molecular formula is C16H22O3. The summed E-state index contributed by atoms with van der Waals surface area (Å²) in [6.07, 6.45) is 4.51. The summed E-state index contributed by atoms with van der Waals surface area (Å²) in [5.41, 5.74) is 0.798. The number of carbonyl (C=O) groups excluding carboxylic acids is 1. The third kappa shape index (κ3) is 2.81. The second kappa shape index (κ2) is 6.20. The number of ether oxygens (including phenoxy) is 2. The third-order valence-corrected chi connectivity index (χ3v) is 4.28. The Morgan fingerprint density at radius 1 is 1.32 bits per heavy atom. The van der Waals surface area contributed by atoms with E-state index >= 15 is 0 Å². The molecular weight excluding hydrogens is 240 g/mol. The molecule has 1 aromatic carbocycles. The quantitative estimate of drug-likeness (QED) is 0.765. The molecule has 2 rings (SSSR count). The van der Waals surface area contributed by atoms with Crippen molar-refractivity contribution < 1.29 is 14.3 Å². The molecule has 0 heterocycles. The van der Waals surface area contributed by atoms with E-state index in [9.17, 15) is 4.79 Å². The lowest BCUT2D eigenvalue weighted by atomic mass is 9.78. The molecule has 1 aliphatic rings. The first-order valence-corrected chi connectivity index (χ1v) is 6.88. The zero-order chi connectivity index (χ0) is 13.7. The molecule has 1 fully saturated rings. The van der Waals surface area contributed by atoms with Crippen molar-refractivity contribution in [2.75, 3.05) is 14.2 Å². The van der Waals surface area contributed by atoms with Crippen molar-refractivity contribution in [2.24, 2.45) is 5.41 Å². The van der Waals surface area contributed by atoms with E-state index in [0.717, 1.165) is 32.1 Å². The van der Waals surface area contributed by atoms with Crippen molar-refractivity contribution in [3.8, 4) is 0 Å². The van der Waals surface area contributed by atoms with Crippen LogP contribution in [0.4, 0.5) is 0 Å². The van der Waals surface area contributed by atoms with Gasteiger partial charge in [0, 0.05) is 7.11 Å².